The van der Waals surface area contributed by atoms with E-state index in [1.165, 1.54) is 13.1 Å². The van der Waals surface area contributed by atoms with E-state index in [0.29, 0.717) is 15.0 Å². The third-order valence-corrected chi connectivity index (χ3v) is 6.76. The van der Waals surface area contributed by atoms with Gasteiger partial charge in [-0.05, 0) is 37.3 Å². The Morgan fingerprint density at radius 3 is 2.54 bits per heavy atom. The van der Waals surface area contributed by atoms with Gasteiger partial charge in [0.1, 0.15) is 10.5 Å². The minimum atomic E-state index is -3.86. The van der Waals surface area contributed by atoms with Crippen molar-refractivity contribution >= 4 is 50.1 Å². The van der Waals surface area contributed by atoms with Gasteiger partial charge in [-0.3, -0.25) is 4.79 Å². The van der Waals surface area contributed by atoms with Crippen molar-refractivity contribution < 1.29 is 18.3 Å². The molecule has 0 spiro atoms. The van der Waals surface area contributed by atoms with Gasteiger partial charge < -0.3 is 10.4 Å². The van der Waals surface area contributed by atoms with Gasteiger partial charge in [-0.2, -0.15) is 0 Å². The molecule has 1 aliphatic heterocycles. The van der Waals surface area contributed by atoms with Crippen molar-refractivity contribution in [3.8, 4) is 0 Å². The van der Waals surface area contributed by atoms with Crippen molar-refractivity contribution in [1.29, 1.82) is 0 Å². The number of amides is 1. The Morgan fingerprint density at radius 1 is 1.29 bits per heavy atom. The van der Waals surface area contributed by atoms with Crippen LogP contribution in [0.1, 0.15) is 9.75 Å². The number of benzene rings is 1. The van der Waals surface area contributed by atoms with Crippen molar-refractivity contribution in [2.75, 3.05) is 12.4 Å². The van der Waals surface area contributed by atoms with E-state index in [0.717, 1.165) is 16.2 Å². The third-order valence-electron chi connectivity index (χ3n) is 3.54. The first kappa shape index (κ1) is 16.8. The first-order valence-electron chi connectivity index (χ1n) is 6.81. The number of thiophene rings is 1. The second-order valence-corrected chi connectivity index (χ2v) is 8.81. The fraction of sp³-hybridized carbons (Fsp3) is 0.133. The number of nitrogens with one attached hydrogen (secondary N) is 1. The normalized spacial score (nSPS) is 16.0. The maximum atomic E-state index is 12.6. The molecule has 0 saturated carbocycles. The van der Waals surface area contributed by atoms with Gasteiger partial charge in [0.2, 0.25) is 5.88 Å². The summed E-state index contributed by atoms with van der Waals surface area (Å²) < 4.78 is 25.5. The second kappa shape index (κ2) is 5.80. The van der Waals surface area contributed by atoms with Crippen LogP contribution in [-0.2, 0) is 14.8 Å². The number of carbonyl (C=O) groups is 1. The van der Waals surface area contributed by atoms with Gasteiger partial charge in [-0.1, -0.05) is 11.6 Å². The van der Waals surface area contributed by atoms with Crippen LogP contribution in [0.5, 0.6) is 0 Å². The van der Waals surface area contributed by atoms with Crippen molar-refractivity contribution in [2.24, 2.45) is 0 Å². The summed E-state index contributed by atoms with van der Waals surface area (Å²) in [6, 6.07) is 7.95. The fourth-order valence-corrected chi connectivity index (χ4v) is 5.17. The van der Waals surface area contributed by atoms with Gasteiger partial charge in [0.05, 0.1) is 4.88 Å². The van der Waals surface area contributed by atoms with Crippen molar-refractivity contribution in [1.82, 2.24) is 4.31 Å². The van der Waals surface area contributed by atoms with Crippen molar-refractivity contribution in [3.05, 3.63) is 51.0 Å². The van der Waals surface area contributed by atoms with Crippen LogP contribution >= 0.6 is 22.9 Å². The molecule has 0 radical (unpaired) electrons. The number of halogens is 1. The quantitative estimate of drug-likeness (QED) is 0.832. The summed E-state index contributed by atoms with van der Waals surface area (Å²) in [4.78, 5) is 13.6. The number of aliphatic hydroxyl groups is 1. The lowest BCUT2D eigenvalue weighted by Crippen LogP contribution is -2.33. The molecule has 1 aromatic carbocycles. The summed E-state index contributed by atoms with van der Waals surface area (Å²) in [7, 11) is -2.65. The molecule has 6 nitrogen and oxygen atoms in total. The Hall–Kier alpha value is -2.03. The van der Waals surface area contributed by atoms with E-state index in [1.807, 2.05) is 0 Å². The Kier molecular flexibility index (Phi) is 4.06. The number of hydrogen-bond donors (Lipinski definition) is 2. The van der Waals surface area contributed by atoms with Crippen LogP contribution < -0.4 is 5.32 Å². The molecule has 0 atom stereocenters. The van der Waals surface area contributed by atoms with Crippen LogP contribution in [0.3, 0.4) is 0 Å². The van der Waals surface area contributed by atoms with E-state index >= 15 is 0 Å². The zero-order valence-electron chi connectivity index (χ0n) is 12.7. The lowest BCUT2D eigenvalue weighted by molar-refractivity contribution is -0.111. The molecular weight excluding hydrogens is 372 g/mol. The maximum Gasteiger partial charge on any atom is 0.267 e. The maximum absolute atomic E-state index is 12.6. The Morgan fingerprint density at radius 2 is 1.92 bits per heavy atom. The highest BCUT2D eigenvalue weighted by atomic mass is 35.5. The standard InChI is InChI=1S/C15H13ClN2O4S2/c1-8-7-11-13(23-8)12(15(20)18(2)24(11,21)22)14(19)17-10-5-3-9(16)4-6-10/h3-7,20H,1-2H3,(H,17,19). The number of aliphatic hydroxyl groups excluding tert-OH is 1. The molecule has 9 heteroatoms. The molecule has 24 heavy (non-hydrogen) atoms. The average molecular weight is 385 g/mol. The van der Waals surface area contributed by atoms with Gasteiger partial charge in [-0.15, -0.1) is 11.3 Å². The molecule has 2 aromatic rings. The number of carbonyl (C=O) groups excluding carboxylic acids is 1. The van der Waals surface area contributed by atoms with E-state index in [4.69, 9.17) is 11.6 Å². The summed E-state index contributed by atoms with van der Waals surface area (Å²) in [5.41, 5.74) is 0.408. The highest BCUT2D eigenvalue weighted by Crippen LogP contribution is 2.40. The molecule has 0 fully saturated rings. The van der Waals surface area contributed by atoms with E-state index < -0.39 is 21.8 Å². The third kappa shape index (κ3) is 2.66. The Bertz CT molecular complexity index is 962. The minimum absolute atomic E-state index is 0.0200. The Labute approximate surface area is 148 Å². The molecule has 0 bridgehead atoms. The molecule has 0 saturated heterocycles. The molecule has 2 N–H and O–H groups in total. The van der Waals surface area contributed by atoms with Crippen molar-refractivity contribution in [2.45, 2.75) is 11.8 Å². The highest BCUT2D eigenvalue weighted by molar-refractivity contribution is 7.89. The number of rotatable bonds is 2. The monoisotopic (exact) mass is 384 g/mol. The van der Waals surface area contributed by atoms with Gasteiger partial charge >= 0.3 is 0 Å². The van der Waals surface area contributed by atoms with E-state index in [1.54, 1.807) is 31.2 Å². The molecular formula is C15H13ClN2O4S2. The predicted molar refractivity (Wildman–Crippen MR) is 93.6 cm³/mol. The zero-order chi connectivity index (χ0) is 17.6. The number of aryl methyl sites for hydroxylation is 1. The molecule has 1 aliphatic rings. The fourth-order valence-electron chi connectivity index (χ4n) is 2.31. The van der Waals surface area contributed by atoms with Crippen molar-refractivity contribution in [3.63, 3.8) is 0 Å². The second-order valence-electron chi connectivity index (χ2n) is 5.18. The van der Waals surface area contributed by atoms with Crippen LogP contribution in [0, 0.1) is 6.92 Å². The van der Waals surface area contributed by atoms with Crippen LogP contribution in [0.2, 0.25) is 5.02 Å². The van der Waals surface area contributed by atoms with E-state index in [-0.39, 0.29) is 15.3 Å². The average Bonchev–Trinajstić information content (AvgIpc) is 2.90. The summed E-state index contributed by atoms with van der Waals surface area (Å²) in [5.74, 6) is -1.20. The van der Waals surface area contributed by atoms with Gasteiger partial charge in [-0.25, -0.2) is 12.7 Å². The largest absolute Gasteiger partial charge is 0.493 e. The topological polar surface area (TPSA) is 86.7 Å². The first-order valence-corrected chi connectivity index (χ1v) is 9.45. The van der Waals surface area contributed by atoms with E-state index in [9.17, 15) is 18.3 Å². The smallest absolute Gasteiger partial charge is 0.267 e. The summed E-state index contributed by atoms with van der Waals surface area (Å²) in [5, 5.41) is 13.4. The van der Waals surface area contributed by atoms with Crippen LogP contribution in [-0.4, -0.2) is 30.8 Å². The molecule has 1 aromatic heterocycles. The number of fused-ring (bicyclic) bond motifs is 1. The van der Waals surface area contributed by atoms with Crippen LogP contribution in [0.15, 0.2) is 41.1 Å². The molecule has 2 heterocycles. The molecule has 3 rings (SSSR count). The van der Waals surface area contributed by atoms with Crippen LogP contribution in [0.25, 0.3) is 5.57 Å². The lowest BCUT2D eigenvalue weighted by atomic mass is 10.2. The molecule has 1 amide bonds. The van der Waals surface area contributed by atoms with Gasteiger partial charge in [0.25, 0.3) is 15.9 Å². The van der Waals surface area contributed by atoms with Gasteiger partial charge in [0, 0.05) is 22.6 Å². The number of hydrogen-bond acceptors (Lipinski definition) is 5. The summed E-state index contributed by atoms with van der Waals surface area (Å²) in [6.45, 7) is 1.74. The number of anilines is 1. The number of sulfonamides is 1. The first-order chi connectivity index (χ1) is 11.2. The SMILES string of the molecule is Cc1cc2c(s1)C(C(=O)Nc1ccc(Cl)cc1)=C(O)N(C)S2(=O)=O. The Balaban J connectivity index is 2.07. The number of nitrogens with zero attached hydrogens (tertiary/aromatic N) is 1. The molecule has 126 valence electrons. The predicted octanol–water partition coefficient (Wildman–Crippen LogP) is 3.21. The highest BCUT2D eigenvalue weighted by Gasteiger charge is 2.39. The van der Waals surface area contributed by atoms with E-state index in [2.05, 4.69) is 5.32 Å². The van der Waals surface area contributed by atoms with Crippen LogP contribution in [0.4, 0.5) is 5.69 Å². The lowest BCUT2D eigenvalue weighted by Gasteiger charge is -2.25. The van der Waals surface area contributed by atoms with Gasteiger partial charge in [0.15, 0.2) is 0 Å². The minimum Gasteiger partial charge on any atom is -0.493 e. The zero-order valence-corrected chi connectivity index (χ0v) is 15.1. The summed E-state index contributed by atoms with van der Waals surface area (Å²) >= 11 is 6.95. The molecule has 0 aliphatic carbocycles. The summed E-state index contributed by atoms with van der Waals surface area (Å²) in [6.07, 6.45) is 0. The molecule has 0 unspecified atom stereocenters.